The molecule has 0 aliphatic heterocycles. The summed E-state index contributed by atoms with van der Waals surface area (Å²) in [6.45, 7) is 2.35. The van der Waals surface area contributed by atoms with Crippen LogP contribution in [0.1, 0.15) is 71.1 Å². The lowest BCUT2D eigenvalue weighted by molar-refractivity contribution is 0.184. The Kier molecular flexibility index (Phi) is 10.3. The zero-order valence-electron chi connectivity index (χ0n) is 18.3. The van der Waals surface area contributed by atoms with Gasteiger partial charge in [0.25, 0.3) is 10.1 Å². The van der Waals surface area contributed by atoms with Gasteiger partial charge < -0.3 is 4.84 Å². The van der Waals surface area contributed by atoms with Gasteiger partial charge in [0.05, 0.1) is 0 Å². The van der Waals surface area contributed by atoms with Crippen molar-refractivity contribution in [2.45, 2.75) is 76.0 Å². The van der Waals surface area contributed by atoms with Gasteiger partial charge in [-0.3, -0.25) is 4.55 Å². The lowest BCUT2D eigenvalue weighted by Crippen LogP contribution is -2.21. The van der Waals surface area contributed by atoms with Crippen molar-refractivity contribution in [1.29, 1.82) is 0 Å². The largest absolute Gasteiger partial charge is 0.405 e. The molecule has 33 heavy (non-hydrogen) atoms. The molecule has 0 saturated heterocycles. The van der Waals surface area contributed by atoms with Crippen LogP contribution in [-0.4, -0.2) is 19.5 Å². The molecule has 0 saturated carbocycles. The molecule has 2 aromatic carbocycles. The van der Waals surface area contributed by atoms with Gasteiger partial charge in [-0.2, -0.15) is 18.3 Å². The molecule has 186 valence electrons. The molecule has 2 N–H and O–H groups in total. The van der Waals surface area contributed by atoms with Crippen LogP contribution in [0.15, 0.2) is 11.0 Å². The SMILES string of the molecule is CCCCCCCCCCCCNOc1c(F)c(F)c(F)c2c(S(=O)(=O)O)c(F)c(F)cc12. The van der Waals surface area contributed by atoms with E-state index < -0.39 is 60.6 Å². The fourth-order valence-corrected chi connectivity index (χ4v) is 4.36. The second-order valence-corrected chi connectivity index (χ2v) is 9.21. The minimum Gasteiger partial charge on any atom is -0.405 e. The quantitative estimate of drug-likeness (QED) is 0.101. The van der Waals surface area contributed by atoms with Crippen molar-refractivity contribution < 1.29 is 39.8 Å². The maximum atomic E-state index is 14.3. The maximum Gasteiger partial charge on any atom is 0.298 e. The van der Waals surface area contributed by atoms with Crippen LogP contribution in [0.3, 0.4) is 0 Å². The van der Waals surface area contributed by atoms with Crippen LogP contribution in [0.5, 0.6) is 5.75 Å². The average Bonchev–Trinajstić information content (AvgIpc) is 2.75. The zero-order valence-corrected chi connectivity index (χ0v) is 19.1. The molecule has 0 amide bonds. The van der Waals surface area contributed by atoms with Crippen molar-refractivity contribution in [3.05, 3.63) is 35.2 Å². The Labute approximate surface area is 190 Å². The molecule has 0 aromatic heterocycles. The number of halogens is 5. The minimum atomic E-state index is -5.52. The Bertz CT molecular complexity index is 1060. The van der Waals surface area contributed by atoms with Crippen LogP contribution in [0.2, 0.25) is 0 Å². The Balaban J connectivity index is 2.03. The summed E-state index contributed by atoms with van der Waals surface area (Å²) in [6.07, 6.45) is 10.7. The van der Waals surface area contributed by atoms with Crippen molar-refractivity contribution in [1.82, 2.24) is 5.48 Å². The van der Waals surface area contributed by atoms with E-state index in [9.17, 15) is 34.9 Å². The highest BCUT2D eigenvalue weighted by Crippen LogP contribution is 2.38. The molecule has 0 spiro atoms. The summed E-state index contributed by atoms with van der Waals surface area (Å²) in [6, 6.07) is 0.266. The van der Waals surface area contributed by atoms with Gasteiger partial charge >= 0.3 is 0 Å². The molecule has 0 heterocycles. The van der Waals surface area contributed by atoms with Gasteiger partial charge in [-0.05, 0) is 12.5 Å². The number of benzene rings is 2. The number of unbranched alkanes of at least 4 members (excludes halogenated alkanes) is 9. The number of hydrogen-bond acceptors (Lipinski definition) is 4. The number of rotatable bonds is 14. The van der Waals surface area contributed by atoms with Gasteiger partial charge in [-0.25, -0.2) is 17.6 Å². The highest BCUT2D eigenvalue weighted by atomic mass is 32.2. The van der Waals surface area contributed by atoms with Crippen LogP contribution in [0.4, 0.5) is 22.0 Å². The van der Waals surface area contributed by atoms with E-state index in [1.165, 1.54) is 32.1 Å². The first-order valence-electron chi connectivity index (χ1n) is 11.0. The minimum absolute atomic E-state index is 0.186. The van der Waals surface area contributed by atoms with Crippen LogP contribution in [0.25, 0.3) is 10.8 Å². The summed E-state index contributed by atoms with van der Waals surface area (Å²) in [5, 5.41) is -2.25. The van der Waals surface area contributed by atoms with E-state index in [1.54, 1.807) is 0 Å². The smallest absolute Gasteiger partial charge is 0.298 e. The van der Waals surface area contributed by atoms with Crippen molar-refractivity contribution in [2.75, 3.05) is 6.54 Å². The van der Waals surface area contributed by atoms with Gasteiger partial charge in [0.15, 0.2) is 29.0 Å². The van der Waals surface area contributed by atoms with Crippen molar-refractivity contribution in [3.63, 3.8) is 0 Å². The molecule has 0 atom stereocenters. The molecule has 2 rings (SSSR count). The monoisotopic (exact) mass is 497 g/mol. The van der Waals surface area contributed by atoms with E-state index in [-0.39, 0.29) is 12.6 Å². The predicted molar refractivity (Wildman–Crippen MR) is 114 cm³/mol. The Morgan fingerprint density at radius 2 is 1.36 bits per heavy atom. The third-order valence-electron chi connectivity index (χ3n) is 5.29. The standard InChI is InChI=1S/C22H28F5NO4S/c1-2-3-4-5-6-7-8-9-10-11-12-28-32-21-14-13-15(23)17(24)22(33(29,30)31)16(14)18(25)19(26)20(21)27/h13,28H,2-12H2,1H3,(H,29,30,31). The molecular formula is C22H28F5NO4S. The molecule has 0 aliphatic carbocycles. The first kappa shape index (κ1) is 27.3. The van der Waals surface area contributed by atoms with E-state index in [1.807, 2.05) is 0 Å². The number of nitrogens with one attached hydrogen (secondary N) is 1. The Hall–Kier alpha value is -1.98. The summed E-state index contributed by atoms with van der Waals surface area (Å²) in [5.74, 6) is -11.1. The molecule has 0 unspecified atom stereocenters. The lowest BCUT2D eigenvalue weighted by Gasteiger charge is -2.14. The van der Waals surface area contributed by atoms with E-state index in [2.05, 4.69) is 12.4 Å². The van der Waals surface area contributed by atoms with E-state index in [0.29, 0.717) is 6.42 Å². The molecule has 0 fully saturated rings. The number of hydroxylamine groups is 1. The molecule has 0 radical (unpaired) electrons. The van der Waals surface area contributed by atoms with Crippen LogP contribution in [-0.2, 0) is 10.1 Å². The third kappa shape index (κ3) is 7.00. The van der Waals surface area contributed by atoms with Crippen molar-refractivity contribution in [2.24, 2.45) is 0 Å². The molecule has 0 bridgehead atoms. The van der Waals surface area contributed by atoms with Crippen LogP contribution >= 0.6 is 0 Å². The van der Waals surface area contributed by atoms with E-state index >= 15 is 0 Å². The average molecular weight is 498 g/mol. The molecule has 0 aliphatic rings. The summed E-state index contributed by atoms with van der Waals surface area (Å²) in [4.78, 5) is 3.09. The normalized spacial score (nSPS) is 12.0. The Morgan fingerprint density at radius 1 is 0.818 bits per heavy atom. The van der Waals surface area contributed by atoms with Crippen LogP contribution in [0, 0.1) is 29.1 Å². The predicted octanol–water partition coefficient (Wildman–Crippen LogP) is 6.59. The van der Waals surface area contributed by atoms with Crippen molar-refractivity contribution >= 4 is 20.9 Å². The second-order valence-electron chi connectivity index (χ2n) is 7.85. The van der Waals surface area contributed by atoms with Gasteiger partial charge in [-0.1, -0.05) is 64.7 Å². The fourth-order valence-electron chi connectivity index (χ4n) is 3.57. The topological polar surface area (TPSA) is 75.6 Å². The highest BCUT2D eigenvalue weighted by molar-refractivity contribution is 7.86. The van der Waals surface area contributed by atoms with E-state index in [0.717, 1.165) is 25.7 Å². The molecule has 5 nitrogen and oxygen atoms in total. The maximum absolute atomic E-state index is 14.3. The summed E-state index contributed by atoms with van der Waals surface area (Å²) in [5.41, 5.74) is 2.34. The highest BCUT2D eigenvalue weighted by Gasteiger charge is 2.32. The molecular weight excluding hydrogens is 469 g/mol. The third-order valence-corrected chi connectivity index (χ3v) is 6.19. The Morgan fingerprint density at radius 3 is 1.91 bits per heavy atom. The number of fused-ring (bicyclic) bond motifs is 1. The summed E-state index contributed by atoms with van der Waals surface area (Å²) >= 11 is 0. The van der Waals surface area contributed by atoms with Gasteiger partial charge in [0.1, 0.15) is 4.90 Å². The second kappa shape index (κ2) is 12.5. The van der Waals surface area contributed by atoms with Crippen molar-refractivity contribution in [3.8, 4) is 5.75 Å². The molecule has 11 heteroatoms. The van der Waals surface area contributed by atoms with Gasteiger partial charge in [-0.15, -0.1) is 0 Å². The fraction of sp³-hybridized carbons (Fsp3) is 0.545. The first-order valence-corrected chi connectivity index (χ1v) is 12.4. The number of hydrogen-bond donors (Lipinski definition) is 2. The summed E-state index contributed by atoms with van der Waals surface area (Å²) < 4.78 is 103. The molecule has 2 aromatic rings. The summed E-state index contributed by atoms with van der Waals surface area (Å²) in [7, 11) is -5.52. The van der Waals surface area contributed by atoms with E-state index in [4.69, 9.17) is 4.84 Å². The van der Waals surface area contributed by atoms with Gasteiger partial charge in [0.2, 0.25) is 5.82 Å². The lowest BCUT2D eigenvalue weighted by atomic mass is 10.1. The van der Waals surface area contributed by atoms with Gasteiger partial charge in [0, 0.05) is 17.3 Å². The van der Waals surface area contributed by atoms with Crippen LogP contribution < -0.4 is 10.3 Å². The zero-order chi connectivity index (χ0) is 24.6. The first-order chi connectivity index (χ1) is 15.6.